The van der Waals surface area contributed by atoms with E-state index in [0.717, 1.165) is 16.9 Å². The van der Waals surface area contributed by atoms with Crippen molar-refractivity contribution in [3.63, 3.8) is 0 Å². The molecule has 114 valence electrons. The Morgan fingerprint density at radius 3 is 2.77 bits per heavy atom. The van der Waals surface area contributed by atoms with Gasteiger partial charge in [-0.25, -0.2) is 0 Å². The second-order valence-corrected chi connectivity index (χ2v) is 5.55. The van der Waals surface area contributed by atoms with E-state index in [1.165, 1.54) is 25.3 Å². The number of thiophene rings is 1. The van der Waals surface area contributed by atoms with Crippen LogP contribution in [0.15, 0.2) is 36.4 Å². The zero-order chi connectivity index (χ0) is 16.1. The van der Waals surface area contributed by atoms with Crippen molar-refractivity contribution in [2.75, 3.05) is 12.4 Å². The van der Waals surface area contributed by atoms with E-state index < -0.39 is 4.92 Å². The summed E-state index contributed by atoms with van der Waals surface area (Å²) in [6, 6.07) is 8.47. The zero-order valence-electron chi connectivity index (χ0n) is 12.0. The molecule has 22 heavy (non-hydrogen) atoms. The van der Waals surface area contributed by atoms with E-state index in [4.69, 9.17) is 4.74 Å². The van der Waals surface area contributed by atoms with Crippen molar-refractivity contribution in [2.45, 2.75) is 6.92 Å². The Morgan fingerprint density at radius 2 is 2.14 bits per heavy atom. The minimum Gasteiger partial charge on any atom is -0.495 e. The lowest BCUT2D eigenvalue weighted by Gasteiger charge is -2.09. The van der Waals surface area contributed by atoms with E-state index in [-0.39, 0.29) is 10.9 Å². The van der Waals surface area contributed by atoms with Gasteiger partial charge in [0.05, 0.1) is 17.7 Å². The lowest BCUT2D eigenvalue weighted by atomic mass is 10.2. The summed E-state index contributed by atoms with van der Waals surface area (Å²) in [6.07, 6.45) is 2.87. The molecule has 1 N–H and O–H groups in total. The number of ether oxygens (including phenoxy) is 1. The van der Waals surface area contributed by atoms with Gasteiger partial charge in [0.1, 0.15) is 5.75 Å². The molecule has 0 unspecified atom stereocenters. The molecule has 0 aliphatic carbocycles. The lowest BCUT2D eigenvalue weighted by molar-refractivity contribution is -0.380. The number of hydrogen-bond donors (Lipinski definition) is 1. The van der Waals surface area contributed by atoms with Crippen molar-refractivity contribution in [3.05, 3.63) is 57.0 Å². The number of rotatable bonds is 5. The quantitative estimate of drug-likeness (QED) is 0.518. The van der Waals surface area contributed by atoms with Crippen molar-refractivity contribution >= 4 is 34.0 Å². The third-order valence-electron chi connectivity index (χ3n) is 2.80. The second-order valence-electron chi connectivity index (χ2n) is 4.46. The normalized spacial score (nSPS) is 10.6. The van der Waals surface area contributed by atoms with Crippen LogP contribution in [-0.4, -0.2) is 17.9 Å². The molecule has 0 bridgehead atoms. The number of carbonyl (C=O) groups is 1. The Morgan fingerprint density at radius 1 is 1.36 bits per heavy atom. The fourth-order valence-corrected chi connectivity index (χ4v) is 2.51. The first-order chi connectivity index (χ1) is 10.5. The van der Waals surface area contributed by atoms with Gasteiger partial charge in [0.2, 0.25) is 5.91 Å². The number of benzene rings is 1. The lowest BCUT2D eigenvalue weighted by Crippen LogP contribution is -2.09. The molecule has 0 spiro atoms. The van der Waals surface area contributed by atoms with Gasteiger partial charge in [0.25, 0.3) is 0 Å². The summed E-state index contributed by atoms with van der Waals surface area (Å²) >= 11 is 1.01. The van der Waals surface area contributed by atoms with Crippen molar-refractivity contribution in [3.8, 4) is 5.75 Å². The summed E-state index contributed by atoms with van der Waals surface area (Å²) in [5.74, 6) is 0.235. The molecule has 0 aliphatic rings. The highest BCUT2D eigenvalue weighted by Crippen LogP contribution is 2.26. The Hall–Kier alpha value is -2.67. The molecule has 0 saturated heterocycles. The van der Waals surface area contributed by atoms with Crippen LogP contribution in [-0.2, 0) is 4.79 Å². The molecular formula is C15H14N2O4S. The SMILES string of the molecule is COc1ccc(C)cc1NC(=O)/C=C/c1ccc([N+](=O)[O-])s1. The number of aryl methyl sites for hydroxylation is 1. The zero-order valence-corrected chi connectivity index (χ0v) is 12.8. The van der Waals surface area contributed by atoms with Crippen LogP contribution in [0.4, 0.5) is 10.7 Å². The highest BCUT2D eigenvalue weighted by atomic mass is 32.1. The van der Waals surface area contributed by atoms with Gasteiger partial charge in [-0.1, -0.05) is 17.4 Å². The minimum atomic E-state index is -0.459. The summed E-state index contributed by atoms with van der Waals surface area (Å²) < 4.78 is 5.18. The number of carbonyl (C=O) groups excluding carboxylic acids is 1. The standard InChI is InChI=1S/C15H14N2O4S/c1-10-3-6-13(21-2)12(9-10)16-14(18)7-4-11-5-8-15(22-11)17(19)20/h3-9H,1-2H3,(H,16,18)/b7-4+. The van der Waals surface area contributed by atoms with Crippen LogP contribution in [0.5, 0.6) is 5.75 Å². The third kappa shape index (κ3) is 3.92. The molecule has 0 fully saturated rings. The van der Waals surface area contributed by atoms with E-state index in [9.17, 15) is 14.9 Å². The number of nitro groups is 1. The maximum atomic E-state index is 11.9. The van der Waals surface area contributed by atoms with Crippen molar-refractivity contribution in [2.24, 2.45) is 0 Å². The predicted molar refractivity (Wildman–Crippen MR) is 86.4 cm³/mol. The van der Waals surface area contributed by atoms with Crippen molar-refractivity contribution in [1.29, 1.82) is 0 Å². The van der Waals surface area contributed by atoms with Crippen LogP contribution < -0.4 is 10.1 Å². The molecule has 6 nitrogen and oxygen atoms in total. The summed E-state index contributed by atoms with van der Waals surface area (Å²) in [6.45, 7) is 1.91. The average Bonchev–Trinajstić information content (AvgIpc) is 2.94. The van der Waals surface area contributed by atoms with Gasteiger partial charge in [0.15, 0.2) is 0 Å². The molecule has 0 atom stereocenters. The molecule has 0 saturated carbocycles. The molecule has 1 heterocycles. The fraction of sp³-hybridized carbons (Fsp3) is 0.133. The Kier molecular flexibility index (Phi) is 4.90. The molecule has 7 heteroatoms. The molecule has 0 aliphatic heterocycles. The summed E-state index contributed by atoms with van der Waals surface area (Å²) in [5, 5.41) is 13.4. The Bertz CT molecular complexity index is 737. The Balaban J connectivity index is 2.07. The van der Waals surface area contributed by atoms with Crippen LogP contribution in [0, 0.1) is 17.0 Å². The number of nitrogens with one attached hydrogen (secondary N) is 1. The molecule has 2 aromatic rings. The highest BCUT2D eigenvalue weighted by molar-refractivity contribution is 7.16. The van der Waals surface area contributed by atoms with Gasteiger partial charge in [-0.2, -0.15) is 0 Å². The Labute approximate surface area is 131 Å². The van der Waals surface area contributed by atoms with Crippen LogP contribution >= 0.6 is 11.3 Å². The highest BCUT2D eigenvalue weighted by Gasteiger charge is 2.09. The first-order valence-electron chi connectivity index (χ1n) is 6.37. The van der Waals surface area contributed by atoms with E-state index in [1.54, 1.807) is 18.2 Å². The van der Waals surface area contributed by atoms with Crippen molar-refractivity contribution < 1.29 is 14.5 Å². The number of anilines is 1. The minimum absolute atomic E-state index is 0.0420. The monoisotopic (exact) mass is 318 g/mol. The first kappa shape index (κ1) is 15.7. The van der Waals surface area contributed by atoms with Gasteiger partial charge in [-0.15, -0.1) is 0 Å². The summed E-state index contributed by atoms with van der Waals surface area (Å²) in [5.41, 5.74) is 1.57. The fourth-order valence-electron chi connectivity index (χ4n) is 1.78. The number of nitrogens with zero attached hydrogens (tertiary/aromatic N) is 1. The maximum absolute atomic E-state index is 11.9. The number of methoxy groups -OCH3 is 1. The second kappa shape index (κ2) is 6.86. The first-order valence-corrected chi connectivity index (χ1v) is 7.19. The predicted octanol–water partition coefficient (Wildman–Crippen LogP) is 3.63. The molecule has 2 rings (SSSR count). The van der Waals surface area contributed by atoms with E-state index in [0.29, 0.717) is 16.3 Å². The van der Waals surface area contributed by atoms with Gasteiger partial charge in [-0.3, -0.25) is 14.9 Å². The van der Waals surface area contributed by atoms with Crippen LogP contribution in [0.25, 0.3) is 6.08 Å². The summed E-state index contributed by atoms with van der Waals surface area (Å²) in [4.78, 5) is 22.7. The topological polar surface area (TPSA) is 81.5 Å². The van der Waals surface area contributed by atoms with Crippen molar-refractivity contribution in [1.82, 2.24) is 0 Å². The van der Waals surface area contributed by atoms with E-state index >= 15 is 0 Å². The molecule has 1 amide bonds. The molecular weight excluding hydrogens is 304 g/mol. The van der Waals surface area contributed by atoms with E-state index in [2.05, 4.69) is 5.32 Å². The maximum Gasteiger partial charge on any atom is 0.324 e. The van der Waals surface area contributed by atoms with Crippen LogP contribution in [0.2, 0.25) is 0 Å². The molecule has 0 radical (unpaired) electrons. The third-order valence-corrected chi connectivity index (χ3v) is 3.81. The van der Waals surface area contributed by atoms with Crippen LogP contribution in [0.1, 0.15) is 10.4 Å². The van der Waals surface area contributed by atoms with Gasteiger partial charge in [-0.05, 0) is 36.8 Å². The van der Waals surface area contributed by atoms with Gasteiger partial charge < -0.3 is 10.1 Å². The average molecular weight is 318 g/mol. The van der Waals surface area contributed by atoms with E-state index in [1.807, 2.05) is 13.0 Å². The van der Waals surface area contributed by atoms with Gasteiger partial charge in [0, 0.05) is 17.0 Å². The largest absolute Gasteiger partial charge is 0.495 e. The number of amides is 1. The molecule has 1 aromatic carbocycles. The molecule has 1 aromatic heterocycles. The summed E-state index contributed by atoms with van der Waals surface area (Å²) in [7, 11) is 1.53. The number of hydrogen-bond acceptors (Lipinski definition) is 5. The van der Waals surface area contributed by atoms with Gasteiger partial charge >= 0.3 is 5.00 Å². The van der Waals surface area contributed by atoms with Crippen LogP contribution in [0.3, 0.4) is 0 Å². The smallest absolute Gasteiger partial charge is 0.324 e.